The Balaban J connectivity index is 3.61. The van der Waals surface area contributed by atoms with E-state index in [-0.39, 0.29) is 12.1 Å². The summed E-state index contributed by atoms with van der Waals surface area (Å²) in [4.78, 5) is 12.9. The van der Waals surface area contributed by atoms with Gasteiger partial charge in [0.1, 0.15) is 0 Å². The summed E-state index contributed by atoms with van der Waals surface area (Å²) in [6.45, 7) is 5.45. The molecule has 0 aromatic carbocycles. The first-order chi connectivity index (χ1) is 5.57. The van der Waals surface area contributed by atoms with Crippen molar-refractivity contribution in [1.29, 1.82) is 0 Å². The molecule has 0 spiro atoms. The van der Waals surface area contributed by atoms with Crippen LogP contribution in [0, 0.1) is 0 Å². The molecule has 0 aliphatic heterocycles. The standard InChI is InChI=1S/C8H19N3O/c1-7(2)10-8(12)11(4)6-5-9-3/h7,9H,5-6H2,1-4H3,(H,10,12). The second-order valence-corrected chi connectivity index (χ2v) is 3.13. The lowest BCUT2D eigenvalue weighted by Crippen LogP contribution is -2.42. The predicted octanol–water partition coefficient (Wildman–Crippen LogP) is 0.256. The van der Waals surface area contributed by atoms with Gasteiger partial charge in [-0.2, -0.15) is 0 Å². The molecule has 0 aliphatic carbocycles. The van der Waals surface area contributed by atoms with Crippen LogP contribution in [0.15, 0.2) is 0 Å². The highest BCUT2D eigenvalue weighted by Gasteiger charge is 2.07. The van der Waals surface area contributed by atoms with E-state index < -0.39 is 0 Å². The van der Waals surface area contributed by atoms with E-state index in [1.165, 1.54) is 0 Å². The van der Waals surface area contributed by atoms with E-state index in [1.807, 2.05) is 20.9 Å². The van der Waals surface area contributed by atoms with Crippen LogP contribution in [0.5, 0.6) is 0 Å². The largest absolute Gasteiger partial charge is 0.336 e. The second-order valence-electron chi connectivity index (χ2n) is 3.13. The van der Waals surface area contributed by atoms with Gasteiger partial charge in [-0.1, -0.05) is 0 Å². The number of nitrogens with one attached hydrogen (secondary N) is 2. The summed E-state index contributed by atoms with van der Waals surface area (Å²) in [5, 5.41) is 5.80. The zero-order valence-electron chi connectivity index (χ0n) is 8.35. The quantitative estimate of drug-likeness (QED) is 0.640. The number of urea groups is 1. The number of nitrogens with zero attached hydrogens (tertiary/aromatic N) is 1. The van der Waals surface area contributed by atoms with Crippen LogP contribution < -0.4 is 10.6 Å². The molecule has 0 radical (unpaired) electrons. The molecule has 0 heterocycles. The minimum Gasteiger partial charge on any atom is -0.336 e. The van der Waals surface area contributed by atoms with E-state index in [0.717, 1.165) is 13.1 Å². The number of hydrogen-bond donors (Lipinski definition) is 2. The van der Waals surface area contributed by atoms with Crippen molar-refractivity contribution >= 4 is 6.03 Å². The van der Waals surface area contributed by atoms with Crippen molar-refractivity contribution in [3.05, 3.63) is 0 Å². The van der Waals surface area contributed by atoms with Gasteiger partial charge in [0.2, 0.25) is 0 Å². The Labute approximate surface area is 74.3 Å². The molecular weight excluding hydrogens is 154 g/mol. The molecule has 0 fully saturated rings. The molecular formula is C8H19N3O. The molecule has 12 heavy (non-hydrogen) atoms. The third-order valence-corrected chi connectivity index (χ3v) is 1.46. The third-order valence-electron chi connectivity index (χ3n) is 1.46. The Bertz CT molecular complexity index is 136. The maximum absolute atomic E-state index is 11.2. The first-order valence-corrected chi connectivity index (χ1v) is 4.24. The van der Waals surface area contributed by atoms with E-state index in [0.29, 0.717) is 0 Å². The number of carbonyl (C=O) groups excluding carboxylic acids is 1. The minimum absolute atomic E-state index is 0.0137. The molecule has 0 bridgehead atoms. The van der Waals surface area contributed by atoms with Crippen molar-refractivity contribution in [2.45, 2.75) is 19.9 Å². The van der Waals surface area contributed by atoms with Crippen LogP contribution in [-0.2, 0) is 0 Å². The van der Waals surface area contributed by atoms with Gasteiger partial charge in [0.15, 0.2) is 0 Å². The summed E-state index contributed by atoms with van der Waals surface area (Å²) >= 11 is 0. The molecule has 0 saturated carbocycles. The summed E-state index contributed by atoms with van der Waals surface area (Å²) in [7, 11) is 3.66. The lowest BCUT2D eigenvalue weighted by atomic mass is 10.4. The normalized spacial score (nSPS) is 10.1. The van der Waals surface area contributed by atoms with Gasteiger partial charge in [0, 0.05) is 26.2 Å². The lowest BCUT2D eigenvalue weighted by Gasteiger charge is -2.19. The van der Waals surface area contributed by atoms with E-state index in [2.05, 4.69) is 10.6 Å². The molecule has 2 amide bonds. The van der Waals surface area contributed by atoms with Crippen LogP contribution in [0.3, 0.4) is 0 Å². The molecule has 2 N–H and O–H groups in total. The summed E-state index contributed by atoms with van der Waals surface area (Å²) in [5.74, 6) is 0. The monoisotopic (exact) mass is 173 g/mol. The fraction of sp³-hybridized carbons (Fsp3) is 0.875. The smallest absolute Gasteiger partial charge is 0.317 e. The zero-order chi connectivity index (χ0) is 9.56. The molecule has 4 nitrogen and oxygen atoms in total. The number of rotatable bonds is 4. The fourth-order valence-electron chi connectivity index (χ4n) is 0.738. The van der Waals surface area contributed by atoms with Crippen molar-refractivity contribution in [2.75, 3.05) is 27.2 Å². The van der Waals surface area contributed by atoms with Crippen LogP contribution in [0.2, 0.25) is 0 Å². The molecule has 0 aliphatic rings. The summed E-state index contributed by atoms with van der Waals surface area (Å²) in [6.07, 6.45) is 0. The van der Waals surface area contributed by atoms with Crippen molar-refractivity contribution in [1.82, 2.24) is 15.5 Å². The van der Waals surface area contributed by atoms with Gasteiger partial charge in [-0.15, -0.1) is 0 Å². The number of likely N-dealkylation sites (N-methyl/N-ethyl adjacent to an activating group) is 2. The highest BCUT2D eigenvalue weighted by molar-refractivity contribution is 5.74. The second kappa shape index (κ2) is 5.83. The number of amides is 2. The van der Waals surface area contributed by atoms with Crippen LogP contribution >= 0.6 is 0 Å². The van der Waals surface area contributed by atoms with Gasteiger partial charge in [-0.25, -0.2) is 4.79 Å². The highest BCUT2D eigenvalue weighted by atomic mass is 16.2. The number of hydrogen-bond acceptors (Lipinski definition) is 2. The van der Waals surface area contributed by atoms with Crippen molar-refractivity contribution in [3.63, 3.8) is 0 Å². The Hall–Kier alpha value is -0.770. The van der Waals surface area contributed by atoms with Crippen molar-refractivity contribution < 1.29 is 4.79 Å². The first-order valence-electron chi connectivity index (χ1n) is 4.24. The van der Waals surface area contributed by atoms with Gasteiger partial charge in [-0.3, -0.25) is 0 Å². The van der Waals surface area contributed by atoms with Crippen LogP contribution in [0.25, 0.3) is 0 Å². The molecule has 72 valence electrons. The molecule has 0 rings (SSSR count). The summed E-state index contributed by atoms with van der Waals surface area (Å²) in [5.41, 5.74) is 0. The van der Waals surface area contributed by atoms with Gasteiger partial charge in [0.25, 0.3) is 0 Å². The molecule has 4 heteroatoms. The van der Waals surface area contributed by atoms with Gasteiger partial charge < -0.3 is 15.5 Å². The molecule has 0 aromatic heterocycles. The average Bonchev–Trinajstić information content (AvgIpc) is 1.98. The van der Waals surface area contributed by atoms with E-state index in [1.54, 1.807) is 11.9 Å². The maximum atomic E-state index is 11.2. The van der Waals surface area contributed by atoms with Crippen molar-refractivity contribution in [2.24, 2.45) is 0 Å². The third kappa shape index (κ3) is 4.96. The summed E-state index contributed by atoms with van der Waals surface area (Å²) < 4.78 is 0. The van der Waals surface area contributed by atoms with Gasteiger partial charge in [-0.05, 0) is 20.9 Å². The Kier molecular flexibility index (Phi) is 5.45. The summed E-state index contributed by atoms with van der Waals surface area (Å²) in [6, 6.07) is 0.190. The topological polar surface area (TPSA) is 44.4 Å². The molecule has 0 atom stereocenters. The fourth-order valence-corrected chi connectivity index (χ4v) is 0.738. The first kappa shape index (κ1) is 11.2. The molecule has 0 saturated heterocycles. The predicted molar refractivity (Wildman–Crippen MR) is 50.2 cm³/mol. The van der Waals surface area contributed by atoms with Crippen LogP contribution in [0.1, 0.15) is 13.8 Å². The van der Waals surface area contributed by atoms with Crippen LogP contribution in [0.4, 0.5) is 4.79 Å². The van der Waals surface area contributed by atoms with E-state index >= 15 is 0 Å². The number of carbonyl (C=O) groups is 1. The molecule has 0 aromatic rings. The Morgan fingerprint density at radius 2 is 2.08 bits per heavy atom. The molecule has 0 unspecified atom stereocenters. The maximum Gasteiger partial charge on any atom is 0.317 e. The highest BCUT2D eigenvalue weighted by Crippen LogP contribution is 1.85. The van der Waals surface area contributed by atoms with E-state index in [4.69, 9.17) is 0 Å². The average molecular weight is 173 g/mol. The van der Waals surface area contributed by atoms with Crippen LogP contribution in [-0.4, -0.2) is 44.2 Å². The lowest BCUT2D eigenvalue weighted by molar-refractivity contribution is 0.206. The zero-order valence-corrected chi connectivity index (χ0v) is 8.35. The van der Waals surface area contributed by atoms with Gasteiger partial charge >= 0.3 is 6.03 Å². The van der Waals surface area contributed by atoms with E-state index in [9.17, 15) is 4.79 Å². The van der Waals surface area contributed by atoms with Gasteiger partial charge in [0.05, 0.1) is 0 Å². The SMILES string of the molecule is CNCCN(C)C(=O)NC(C)C. The van der Waals surface area contributed by atoms with Crippen molar-refractivity contribution in [3.8, 4) is 0 Å². The minimum atomic E-state index is -0.0137. The Morgan fingerprint density at radius 3 is 2.50 bits per heavy atom. The Morgan fingerprint density at radius 1 is 1.50 bits per heavy atom.